The zero-order valence-electron chi connectivity index (χ0n) is 15.0. The summed E-state index contributed by atoms with van der Waals surface area (Å²) >= 11 is 6.22. The third-order valence-corrected chi connectivity index (χ3v) is 4.65. The number of benzene rings is 2. The third-order valence-electron chi connectivity index (χ3n) is 4.30. The van der Waals surface area contributed by atoms with Crippen LogP contribution in [0, 0.1) is 0 Å². The predicted octanol–water partition coefficient (Wildman–Crippen LogP) is 4.73. The van der Waals surface area contributed by atoms with Crippen molar-refractivity contribution in [3.05, 3.63) is 64.7 Å². The second kappa shape index (κ2) is 7.34. The Kier molecular flexibility index (Phi) is 5.14. The van der Waals surface area contributed by atoms with E-state index in [-0.39, 0.29) is 10.6 Å². The molecule has 1 aliphatic heterocycles. The van der Waals surface area contributed by atoms with Crippen molar-refractivity contribution in [2.24, 2.45) is 0 Å². The van der Waals surface area contributed by atoms with Gasteiger partial charge in [0.15, 0.2) is 0 Å². The maximum absolute atomic E-state index is 12.9. The lowest BCUT2D eigenvalue weighted by Gasteiger charge is -2.16. The van der Waals surface area contributed by atoms with Crippen molar-refractivity contribution >= 4 is 34.7 Å². The highest BCUT2D eigenvalue weighted by molar-refractivity contribution is 6.60. The molecule has 0 unspecified atom stereocenters. The first-order chi connectivity index (χ1) is 12.4. The van der Waals surface area contributed by atoms with Crippen LogP contribution in [0.25, 0.3) is 5.57 Å². The van der Waals surface area contributed by atoms with Gasteiger partial charge in [0.2, 0.25) is 0 Å². The van der Waals surface area contributed by atoms with E-state index in [4.69, 9.17) is 16.3 Å². The van der Waals surface area contributed by atoms with Crippen molar-refractivity contribution in [1.29, 1.82) is 0 Å². The number of amides is 2. The molecule has 2 amide bonds. The highest BCUT2D eigenvalue weighted by atomic mass is 35.5. The second-order valence-electron chi connectivity index (χ2n) is 6.34. The van der Waals surface area contributed by atoms with E-state index < -0.39 is 11.8 Å². The molecule has 0 saturated carbocycles. The van der Waals surface area contributed by atoms with Crippen LogP contribution in [0.3, 0.4) is 0 Å². The summed E-state index contributed by atoms with van der Waals surface area (Å²) in [6.45, 7) is 6.63. The van der Waals surface area contributed by atoms with E-state index in [0.29, 0.717) is 29.5 Å². The largest absolute Gasteiger partial charge is 0.494 e. The zero-order valence-corrected chi connectivity index (χ0v) is 15.7. The van der Waals surface area contributed by atoms with E-state index >= 15 is 0 Å². The van der Waals surface area contributed by atoms with Gasteiger partial charge in [-0.15, -0.1) is 0 Å². The van der Waals surface area contributed by atoms with Crippen LogP contribution in [0.5, 0.6) is 5.75 Å². The van der Waals surface area contributed by atoms with Crippen LogP contribution >= 0.6 is 11.6 Å². The molecule has 2 aromatic carbocycles. The number of carbonyl (C=O) groups is 2. The molecule has 0 N–H and O–H groups in total. The van der Waals surface area contributed by atoms with Gasteiger partial charge in [0.05, 0.1) is 17.9 Å². The van der Waals surface area contributed by atoms with Gasteiger partial charge in [-0.1, -0.05) is 49.7 Å². The number of carbonyl (C=O) groups excluding carboxylic acids is 2. The molecule has 26 heavy (non-hydrogen) atoms. The van der Waals surface area contributed by atoms with Gasteiger partial charge in [-0.05, 0) is 48.2 Å². The lowest BCUT2D eigenvalue weighted by molar-refractivity contribution is -0.119. The number of hydrogen-bond donors (Lipinski definition) is 0. The van der Waals surface area contributed by atoms with Crippen molar-refractivity contribution in [2.45, 2.75) is 26.7 Å². The summed E-state index contributed by atoms with van der Waals surface area (Å²) in [7, 11) is 0. The lowest BCUT2D eigenvalue weighted by atomic mass is 10.0. The van der Waals surface area contributed by atoms with Crippen molar-refractivity contribution in [2.75, 3.05) is 11.5 Å². The molecule has 0 atom stereocenters. The number of rotatable bonds is 5. The second-order valence-corrected chi connectivity index (χ2v) is 6.72. The van der Waals surface area contributed by atoms with E-state index in [1.54, 1.807) is 36.4 Å². The Hall–Kier alpha value is -2.59. The lowest BCUT2D eigenvalue weighted by Crippen LogP contribution is -2.31. The fourth-order valence-corrected chi connectivity index (χ4v) is 3.15. The molecule has 0 spiro atoms. The smallest absolute Gasteiger partial charge is 0.277 e. The van der Waals surface area contributed by atoms with Crippen LogP contribution in [0.15, 0.2) is 53.6 Å². The molecule has 0 fully saturated rings. The first-order valence-corrected chi connectivity index (χ1v) is 8.93. The summed E-state index contributed by atoms with van der Waals surface area (Å²) in [5.74, 6) is 0.153. The topological polar surface area (TPSA) is 46.6 Å². The number of imide groups is 1. The SMILES string of the molecule is CCOc1ccc(C2=C(Cl)C(=O)N(c3ccc(C(C)C)cc3)C2=O)cc1. The Morgan fingerprint density at radius 2 is 1.58 bits per heavy atom. The molecular formula is C21H20ClNO3. The summed E-state index contributed by atoms with van der Waals surface area (Å²) in [5.41, 5.74) is 2.47. The van der Waals surface area contributed by atoms with E-state index in [1.807, 2.05) is 19.1 Å². The molecule has 3 rings (SSSR count). The molecule has 0 radical (unpaired) electrons. The Bertz CT molecular complexity index is 867. The normalized spacial score (nSPS) is 14.6. The molecule has 5 heteroatoms. The Morgan fingerprint density at radius 1 is 0.962 bits per heavy atom. The Labute approximate surface area is 158 Å². The molecular weight excluding hydrogens is 350 g/mol. The number of anilines is 1. The first kappa shape index (κ1) is 18.2. The van der Waals surface area contributed by atoms with E-state index in [2.05, 4.69) is 13.8 Å². The fraction of sp³-hybridized carbons (Fsp3) is 0.238. The van der Waals surface area contributed by atoms with E-state index in [1.165, 1.54) is 0 Å². The van der Waals surface area contributed by atoms with Crippen LogP contribution in [0.4, 0.5) is 5.69 Å². The molecule has 0 aromatic heterocycles. The van der Waals surface area contributed by atoms with Crippen molar-refractivity contribution in [3.8, 4) is 5.75 Å². The summed E-state index contributed by atoms with van der Waals surface area (Å²) in [4.78, 5) is 26.6. The Balaban J connectivity index is 1.92. The minimum absolute atomic E-state index is 0.0629. The number of ether oxygens (including phenoxy) is 1. The van der Waals surface area contributed by atoms with Gasteiger partial charge in [0.1, 0.15) is 10.8 Å². The van der Waals surface area contributed by atoms with E-state index in [0.717, 1.165) is 10.5 Å². The zero-order chi connectivity index (χ0) is 18.8. The molecule has 0 aliphatic carbocycles. The quantitative estimate of drug-likeness (QED) is 0.715. The van der Waals surface area contributed by atoms with Gasteiger partial charge in [-0.2, -0.15) is 0 Å². The number of hydrogen-bond acceptors (Lipinski definition) is 3. The maximum Gasteiger partial charge on any atom is 0.277 e. The fourth-order valence-electron chi connectivity index (χ4n) is 2.88. The van der Waals surface area contributed by atoms with E-state index in [9.17, 15) is 9.59 Å². The van der Waals surface area contributed by atoms with Gasteiger partial charge in [-0.3, -0.25) is 9.59 Å². The minimum Gasteiger partial charge on any atom is -0.494 e. The minimum atomic E-state index is -0.502. The van der Waals surface area contributed by atoms with Crippen LogP contribution in [-0.2, 0) is 9.59 Å². The van der Waals surface area contributed by atoms with Gasteiger partial charge in [-0.25, -0.2) is 4.90 Å². The maximum atomic E-state index is 12.9. The summed E-state index contributed by atoms with van der Waals surface area (Å²) in [6.07, 6.45) is 0. The summed E-state index contributed by atoms with van der Waals surface area (Å²) in [6, 6.07) is 14.4. The van der Waals surface area contributed by atoms with Gasteiger partial charge in [0, 0.05) is 0 Å². The first-order valence-electron chi connectivity index (χ1n) is 8.55. The third kappa shape index (κ3) is 3.25. The molecule has 0 saturated heterocycles. The van der Waals surface area contributed by atoms with Crippen LogP contribution < -0.4 is 9.64 Å². The molecule has 0 bridgehead atoms. The molecule has 2 aromatic rings. The predicted molar refractivity (Wildman–Crippen MR) is 103 cm³/mol. The molecule has 1 heterocycles. The van der Waals surface area contributed by atoms with Crippen molar-refractivity contribution < 1.29 is 14.3 Å². The highest BCUT2D eigenvalue weighted by Crippen LogP contribution is 2.35. The average Bonchev–Trinajstić information content (AvgIpc) is 2.85. The number of halogens is 1. The van der Waals surface area contributed by atoms with Gasteiger partial charge < -0.3 is 4.74 Å². The Morgan fingerprint density at radius 3 is 2.12 bits per heavy atom. The van der Waals surface area contributed by atoms with Crippen LogP contribution in [-0.4, -0.2) is 18.4 Å². The van der Waals surface area contributed by atoms with Gasteiger partial charge in [0.25, 0.3) is 11.8 Å². The van der Waals surface area contributed by atoms with Crippen molar-refractivity contribution in [1.82, 2.24) is 0 Å². The number of nitrogens with zero attached hydrogens (tertiary/aromatic N) is 1. The molecule has 134 valence electrons. The van der Waals surface area contributed by atoms with Crippen molar-refractivity contribution in [3.63, 3.8) is 0 Å². The standard InChI is InChI=1S/C21H20ClNO3/c1-4-26-17-11-7-15(8-12-17)18-19(22)21(25)23(20(18)24)16-9-5-14(6-10-16)13(2)3/h5-13H,4H2,1-3H3. The van der Waals surface area contributed by atoms with Crippen LogP contribution in [0.2, 0.25) is 0 Å². The monoisotopic (exact) mass is 369 g/mol. The average molecular weight is 370 g/mol. The summed E-state index contributed by atoms with van der Waals surface area (Å²) in [5, 5.41) is -0.0629. The van der Waals surface area contributed by atoms with Gasteiger partial charge >= 0.3 is 0 Å². The molecule has 1 aliphatic rings. The summed E-state index contributed by atoms with van der Waals surface area (Å²) < 4.78 is 5.41. The molecule has 4 nitrogen and oxygen atoms in total. The van der Waals surface area contributed by atoms with Crippen LogP contribution in [0.1, 0.15) is 37.8 Å². The highest BCUT2D eigenvalue weighted by Gasteiger charge is 2.39.